The Labute approximate surface area is 149 Å². The zero-order valence-corrected chi connectivity index (χ0v) is 14.9. The number of carbonyl (C=O) groups is 2. The van der Waals surface area contributed by atoms with E-state index in [0.29, 0.717) is 27.3 Å². The minimum Gasteiger partial charge on any atom is -0.550 e. The third-order valence-electron chi connectivity index (χ3n) is 3.20. The van der Waals surface area contributed by atoms with Crippen molar-refractivity contribution in [2.24, 2.45) is 0 Å². The van der Waals surface area contributed by atoms with Gasteiger partial charge in [-0.1, -0.05) is 30.0 Å². The van der Waals surface area contributed by atoms with Gasteiger partial charge in [-0.05, 0) is 30.7 Å². The molecule has 0 atom stereocenters. The summed E-state index contributed by atoms with van der Waals surface area (Å²) in [5.74, 6) is -0.332. The van der Waals surface area contributed by atoms with Gasteiger partial charge in [-0.3, -0.25) is 9.69 Å². The van der Waals surface area contributed by atoms with Gasteiger partial charge in [-0.15, -0.1) is 0 Å². The van der Waals surface area contributed by atoms with Crippen LogP contribution in [0.2, 0.25) is 0 Å². The minimum absolute atomic E-state index is 0.0111. The van der Waals surface area contributed by atoms with Gasteiger partial charge >= 0.3 is 0 Å². The lowest BCUT2D eigenvalue weighted by molar-refractivity contribution is -0.305. The summed E-state index contributed by atoms with van der Waals surface area (Å²) in [6, 6.07) is 5.33. The molecule has 0 bridgehead atoms. The number of rotatable bonds is 7. The minimum atomic E-state index is -1.22. The van der Waals surface area contributed by atoms with E-state index in [1.807, 2.05) is 6.92 Å². The smallest absolute Gasteiger partial charge is 0.266 e. The molecule has 1 aliphatic heterocycles. The summed E-state index contributed by atoms with van der Waals surface area (Å²) in [6.07, 6.45) is 1.44. The maximum Gasteiger partial charge on any atom is 0.266 e. The molecule has 1 amide bonds. The number of thioether (sulfide) groups is 1. The number of hydrogen-bond acceptors (Lipinski definition) is 7. The Balaban J connectivity index is 2.22. The summed E-state index contributed by atoms with van der Waals surface area (Å²) in [5.41, 5.74) is 0.764. The highest BCUT2D eigenvalue weighted by Gasteiger charge is 2.31. The van der Waals surface area contributed by atoms with Crippen molar-refractivity contribution in [1.29, 1.82) is 0 Å². The second kappa shape index (κ2) is 8.16. The molecule has 8 heteroatoms. The van der Waals surface area contributed by atoms with E-state index in [4.69, 9.17) is 21.7 Å². The number of thiocarbonyl (C=S) groups is 1. The van der Waals surface area contributed by atoms with Crippen LogP contribution in [0.4, 0.5) is 0 Å². The normalized spacial score (nSPS) is 15.9. The van der Waals surface area contributed by atoms with E-state index in [1.54, 1.807) is 31.4 Å². The summed E-state index contributed by atoms with van der Waals surface area (Å²) in [6.45, 7) is 2.37. The zero-order chi connectivity index (χ0) is 17.7. The Hall–Kier alpha value is -2.06. The summed E-state index contributed by atoms with van der Waals surface area (Å²) >= 11 is 6.28. The summed E-state index contributed by atoms with van der Waals surface area (Å²) < 4.78 is 11.1. The molecule has 6 nitrogen and oxygen atoms in total. The largest absolute Gasteiger partial charge is 0.550 e. The van der Waals surface area contributed by atoms with Crippen LogP contribution in [0.3, 0.4) is 0 Å². The molecule has 2 rings (SSSR count). The van der Waals surface area contributed by atoms with Crippen molar-refractivity contribution >= 4 is 46.3 Å². The zero-order valence-electron chi connectivity index (χ0n) is 13.2. The van der Waals surface area contributed by atoms with Gasteiger partial charge in [-0.2, -0.15) is 0 Å². The maximum absolute atomic E-state index is 12.3. The van der Waals surface area contributed by atoms with Crippen LogP contribution in [-0.2, 0) is 9.59 Å². The first-order valence-corrected chi connectivity index (χ1v) is 8.44. The molecule has 0 aromatic heterocycles. The van der Waals surface area contributed by atoms with E-state index in [1.165, 1.54) is 4.90 Å². The topological polar surface area (TPSA) is 78.9 Å². The van der Waals surface area contributed by atoms with Gasteiger partial charge in [0.15, 0.2) is 11.5 Å². The number of carboxylic acid groups (broad SMARTS) is 1. The van der Waals surface area contributed by atoms with Crippen LogP contribution in [0, 0.1) is 0 Å². The first kappa shape index (κ1) is 18.3. The van der Waals surface area contributed by atoms with Crippen molar-refractivity contribution in [3.05, 3.63) is 28.7 Å². The number of aliphatic carboxylic acids is 1. The van der Waals surface area contributed by atoms with Crippen molar-refractivity contribution in [3.8, 4) is 11.5 Å². The number of nitrogens with zero attached hydrogens (tertiary/aromatic N) is 1. The molecule has 0 saturated carbocycles. The number of amides is 1. The Morgan fingerprint density at radius 1 is 1.42 bits per heavy atom. The molecule has 128 valence electrons. The fraction of sp³-hybridized carbons (Fsp3) is 0.312. The molecule has 0 radical (unpaired) electrons. The third kappa shape index (κ3) is 4.27. The van der Waals surface area contributed by atoms with Gasteiger partial charge in [0, 0.05) is 18.9 Å². The van der Waals surface area contributed by atoms with Crippen LogP contribution in [0.5, 0.6) is 11.5 Å². The van der Waals surface area contributed by atoms with Crippen LogP contribution in [-0.4, -0.2) is 41.4 Å². The Bertz CT molecular complexity index is 702. The molecular weight excluding hydrogens is 350 g/mol. The van der Waals surface area contributed by atoms with E-state index in [0.717, 1.165) is 17.3 Å². The SMILES string of the molecule is CCOc1cc(/C=C2\SC(=S)N(CCC(=O)[O-])C2=O)ccc1OC. The molecule has 1 aromatic rings. The lowest BCUT2D eigenvalue weighted by atomic mass is 10.2. The predicted octanol–water partition coefficient (Wildman–Crippen LogP) is 1.44. The third-order valence-corrected chi connectivity index (χ3v) is 4.58. The van der Waals surface area contributed by atoms with Crippen molar-refractivity contribution in [2.75, 3.05) is 20.3 Å². The average Bonchev–Trinajstić information content (AvgIpc) is 2.80. The molecule has 0 spiro atoms. The molecule has 1 aromatic carbocycles. The molecule has 0 N–H and O–H groups in total. The van der Waals surface area contributed by atoms with Crippen LogP contribution in [0.1, 0.15) is 18.9 Å². The van der Waals surface area contributed by atoms with E-state index >= 15 is 0 Å². The van der Waals surface area contributed by atoms with Crippen molar-refractivity contribution in [2.45, 2.75) is 13.3 Å². The number of benzene rings is 1. The Morgan fingerprint density at radius 3 is 2.79 bits per heavy atom. The van der Waals surface area contributed by atoms with Crippen molar-refractivity contribution in [1.82, 2.24) is 4.90 Å². The van der Waals surface area contributed by atoms with E-state index in [9.17, 15) is 14.7 Å². The molecule has 1 heterocycles. The van der Waals surface area contributed by atoms with Gasteiger partial charge in [0.25, 0.3) is 5.91 Å². The fourth-order valence-corrected chi connectivity index (χ4v) is 3.41. The Morgan fingerprint density at radius 2 is 2.17 bits per heavy atom. The number of methoxy groups -OCH3 is 1. The number of carboxylic acids is 1. The molecule has 1 aliphatic rings. The highest BCUT2D eigenvalue weighted by atomic mass is 32.2. The summed E-state index contributed by atoms with van der Waals surface area (Å²) in [4.78, 5) is 24.6. The molecule has 24 heavy (non-hydrogen) atoms. The van der Waals surface area contributed by atoms with Gasteiger partial charge in [0.05, 0.1) is 18.6 Å². The molecule has 1 saturated heterocycles. The van der Waals surface area contributed by atoms with Crippen LogP contribution >= 0.6 is 24.0 Å². The quantitative estimate of drug-likeness (QED) is 0.534. The molecule has 0 aliphatic carbocycles. The van der Waals surface area contributed by atoms with Gasteiger partial charge in [0.1, 0.15) is 4.32 Å². The number of ether oxygens (including phenoxy) is 2. The highest BCUT2D eigenvalue weighted by molar-refractivity contribution is 8.26. The molecular formula is C16H16NO5S2-. The van der Waals surface area contributed by atoms with E-state index < -0.39 is 5.97 Å². The lowest BCUT2D eigenvalue weighted by Crippen LogP contribution is -2.33. The lowest BCUT2D eigenvalue weighted by Gasteiger charge is -2.14. The number of carbonyl (C=O) groups excluding carboxylic acids is 2. The monoisotopic (exact) mass is 366 g/mol. The molecule has 1 fully saturated rings. The Kier molecular flexibility index (Phi) is 6.22. The van der Waals surface area contributed by atoms with Gasteiger partial charge in [-0.25, -0.2) is 0 Å². The van der Waals surface area contributed by atoms with Crippen molar-refractivity contribution < 1.29 is 24.2 Å². The van der Waals surface area contributed by atoms with Crippen LogP contribution in [0.15, 0.2) is 23.1 Å². The summed E-state index contributed by atoms with van der Waals surface area (Å²) in [5, 5.41) is 10.6. The highest BCUT2D eigenvalue weighted by Crippen LogP contribution is 2.34. The number of hydrogen-bond donors (Lipinski definition) is 0. The van der Waals surface area contributed by atoms with E-state index in [-0.39, 0.29) is 18.9 Å². The van der Waals surface area contributed by atoms with Gasteiger partial charge in [0.2, 0.25) is 0 Å². The fourth-order valence-electron chi connectivity index (χ4n) is 2.10. The second-order valence-electron chi connectivity index (χ2n) is 4.80. The first-order valence-electron chi connectivity index (χ1n) is 7.22. The summed E-state index contributed by atoms with van der Waals surface area (Å²) in [7, 11) is 1.56. The van der Waals surface area contributed by atoms with Crippen LogP contribution in [0.25, 0.3) is 6.08 Å². The van der Waals surface area contributed by atoms with Gasteiger partial charge < -0.3 is 19.4 Å². The average molecular weight is 366 g/mol. The van der Waals surface area contributed by atoms with Crippen LogP contribution < -0.4 is 14.6 Å². The standard InChI is InChI=1S/C16H17NO5S2/c1-3-22-12-8-10(4-5-11(12)21-2)9-13-15(20)17(16(23)24-13)7-6-14(18)19/h4-5,8-9H,3,6-7H2,1-2H3,(H,18,19)/p-1/b13-9-. The molecule has 0 unspecified atom stereocenters. The van der Waals surface area contributed by atoms with Crippen molar-refractivity contribution in [3.63, 3.8) is 0 Å². The second-order valence-corrected chi connectivity index (χ2v) is 6.47. The predicted molar refractivity (Wildman–Crippen MR) is 93.7 cm³/mol. The van der Waals surface area contributed by atoms with E-state index in [2.05, 4.69) is 0 Å². The maximum atomic E-state index is 12.3. The first-order chi connectivity index (χ1) is 11.5.